The minimum atomic E-state index is -0.0751. The normalized spacial score (nSPS) is 10.6. The van der Waals surface area contributed by atoms with Gasteiger partial charge in [0.05, 0.1) is 5.69 Å². The molecule has 0 N–H and O–H groups in total. The smallest absolute Gasteiger partial charge is 0.195 e. The molecule has 0 saturated carbocycles. The van der Waals surface area contributed by atoms with E-state index >= 15 is 0 Å². The van der Waals surface area contributed by atoms with E-state index in [-0.39, 0.29) is 5.78 Å². The first-order chi connectivity index (χ1) is 10.7. The Morgan fingerprint density at radius 3 is 2.68 bits per heavy atom. The van der Waals surface area contributed by atoms with E-state index in [0.29, 0.717) is 16.1 Å². The Hall–Kier alpha value is -2.46. The van der Waals surface area contributed by atoms with Crippen molar-refractivity contribution in [1.82, 2.24) is 14.8 Å². The van der Waals surface area contributed by atoms with E-state index in [4.69, 9.17) is 11.6 Å². The molecule has 0 spiro atoms. The summed E-state index contributed by atoms with van der Waals surface area (Å²) in [6, 6.07) is 14.4. The molecule has 0 atom stereocenters. The lowest BCUT2D eigenvalue weighted by Gasteiger charge is -2.11. The Balaban J connectivity index is 2.15. The van der Waals surface area contributed by atoms with Gasteiger partial charge in [0.2, 0.25) is 0 Å². The van der Waals surface area contributed by atoms with Crippen molar-refractivity contribution in [3.05, 3.63) is 76.8 Å². The lowest BCUT2D eigenvalue weighted by Crippen LogP contribution is -2.09. The molecule has 3 rings (SSSR count). The first-order valence-corrected chi connectivity index (χ1v) is 7.37. The Labute approximate surface area is 133 Å². The maximum atomic E-state index is 12.8. The van der Waals surface area contributed by atoms with Crippen LogP contribution in [0.3, 0.4) is 0 Å². The highest BCUT2D eigenvalue weighted by molar-refractivity contribution is 6.31. The highest BCUT2D eigenvalue weighted by atomic mass is 35.5. The highest BCUT2D eigenvalue weighted by Crippen LogP contribution is 2.23. The molecule has 1 heterocycles. The largest absolute Gasteiger partial charge is 0.289 e. The van der Waals surface area contributed by atoms with E-state index in [2.05, 4.69) is 10.2 Å². The number of aryl methyl sites for hydroxylation is 1. The maximum absolute atomic E-state index is 12.8. The van der Waals surface area contributed by atoms with E-state index < -0.39 is 0 Å². The number of nitrogens with zero attached hydrogens (tertiary/aromatic N) is 3. The summed E-state index contributed by atoms with van der Waals surface area (Å²) in [6.07, 6.45) is 2.34. The average Bonchev–Trinajstić information content (AvgIpc) is 3.03. The third-order valence-electron chi connectivity index (χ3n) is 3.43. The number of benzene rings is 2. The molecule has 0 radical (unpaired) electrons. The summed E-state index contributed by atoms with van der Waals surface area (Å²) in [5.41, 5.74) is 1.89. The molecule has 3 aromatic rings. The zero-order valence-corrected chi connectivity index (χ0v) is 12.8. The van der Waals surface area contributed by atoms with E-state index in [1.165, 1.54) is 0 Å². The van der Waals surface area contributed by atoms with Gasteiger partial charge in [-0.3, -0.25) is 9.36 Å². The van der Waals surface area contributed by atoms with Crippen molar-refractivity contribution in [2.75, 3.05) is 0 Å². The van der Waals surface area contributed by atoms with Crippen molar-refractivity contribution >= 4 is 17.4 Å². The second-order valence-electron chi connectivity index (χ2n) is 4.83. The maximum Gasteiger partial charge on any atom is 0.195 e. The van der Waals surface area contributed by atoms with Crippen LogP contribution in [0.1, 0.15) is 28.7 Å². The number of hydrogen-bond acceptors (Lipinski definition) is 3. The summed E-state index contributed by atoms with van der Waals surface area (Å²) in [5, 5.41) is 8.53. The van der Waals surface area contributed by atoms with Crippen LogP contribution in [0.2, 0.25) is 5.02 Å². The van der Waals surface area contributed by atoms with Gasteiger partial charge in [0, 0.05) is 22.6 Å². The minimum absolute atomic E-state index is 0.0751. The number of rotatable bonds is 4. The monoisotopic (exact) mass is 311 g/mol. The van der Waals surface area contributed by atoms with Crippen LogP contribution in [0.15, 0.2) is 54.9 Å². The topological polar surface area (TPSA) is 47.8 Å². The van der Waals surface area contributed by atoms with Gasteiger partial charge < -0.3 is 0 Å². The van der Waals surface area contributed by atoms with Gasteiger partial charge in [-0.1, -0.05) is 48.9 Å². The summed E-state index contributed by atoms with van der Waals surface area (Å²) in [7, 11) is 0. The minimum Gasteiger partial charge on any atom is -0.289 e. The molecule has 5 heteroatoms. The van der Waals surface area contributed by atoms with Crippen LogP contribution >= 0.6 is 11.6 Å². The summed E-state index contributed by atoms with van der Waals surface area (Å²) in [5.74, 6) is 0.721. The highest BCUT2D eigenvalue weighted by Gasteiger charge is 2.17. The van der Waals surface area contributed by atoms with Crippen molar-refractivity contribution in [1.29, 1.82) is 0 Å². The number of halogens is 1. The van der Waals surface area contributed by atoms with Crippen molar-refractivity contribution in [3.8, 4) is 5.69 Å². The average molecular weight is 312 g/mol. The van der Waals surface area contributed by atoms with Crippen LogP contribution in [0, 0.1) is 0 Å². The van der Waals surface area contributed by atoms with Gasteiger partial charge in [0.1, 0.15) is 12.2 Å². The Bertz CT molecular complexity index is 812. The fourth-order valence-corrected chi connectivity index (χ4v) is 2.52. The molecule has 0 aliphatic heterocycles. The molecule has 0 bridgehead atoms. The van der Waals surface area contributed by atoms with Crippen LogP contribution in [0.25, 0.3) is 5.69 Å². The van der Waals surface area contributed by atoms with Crippen LogP contribution in [0.4, 0.5) is 0 Å². The van der Waals surface area contributed by atoms with E-state index in [0.717, 1.165) is 17.9 Å². The van der Waals surface area contributed by atoms with Crippen molar-refractivity contribution in [2.24, 2.45) is 0 Å². The van der Waals surface area contributed by atoms with Gasteiger partial charge in [-0.15, -0.1) is 10.2 Å². The zero-order chi connectivity index (χ0) is 15.5. The number of hydrogen-bond donors (Lipinski definition) is 0. The molecule has 0 aliphatic carbocycles. The number of aromatic nitrogens is 3. The van der Waals surface area contributed by atoms with E-state index in [9.17, 15) is 4.79 Å². The molecular weight excluding hydrogens is 298 g/mol. The second-order valence-corrected chi connectivity index (χ2v) is 5.26. The third kappa shape index (κ3) is 2.65. The lowest BCUT2D eigenvalue weighted by atomic mass is 10.0. The summed E-state index contributed by atoms with van der Waals surface area (Å²) in [6.45, 7) is 2.00. The van der Waals surface area contributed by atoms with Gasteiger partial charge in [0.15, 0.2) is 5.78 Å². The second kappa shape index (κ2) is 6.12. The van der Waals surface area contributed by atoms with Gasteiger partial charge >= 0.3 is 0 Å². The quantitative estimate of drug-likeness (QED) is 0.690. The number of carbonyl (C=O) groups is 1. The molecule has 4 nitrogen and oxygen atoms in total. The molecule has 0 aliphatic rings. The molecule has 110 valence electrons. The van der Waals surface area contributed by atoms with Gasteiger partial charge in [-0.05, 0) is 18.2 Å². The van der Waals surface area contributed by atoms with E-state index in [1.54, 1.807) is 30.6 Å². The van der Waals surface area contributed by atoms with Crippen LogP contribution in [-0.2, 0) is 6.42 Å². The molecule has 0 fully saturated rings. The first-order valence-electron chi connectivity index (χ1n) is 6.99. The Morgan fingerprint density at radius 1 is 1.18 bits per heavy atom. The fraction of sp³-hybridized carbons (Fsp3) is 0.118. The third-order valence-corrected chi connectivity index (χ3v) is 3.67. The van der Waals surface area contributed by atoms with Crippen LogP contribution in [-0.4, -0.2) is 20.5 Å². The molecule has 0 saturated heterocycles. The standard InChI is InChI=1S/C17H14ClN3O/c1-2-16-20-19-11-21(16)15-9-8-13(18)10-14(15)17(22)12-6-4-3-5-7-12/h3-11H,2H2,1H3. The van der Waals surface area contributed by atoms with Gasteiger partial charge in [0.25, 0.3) is 0 Å². The zero-order valence-electron chi connectivity index (χ0n) is 12.0. The van der Waals surface area contributed by atoms with Crippen molar-refractivity contribution in [3.63, 3.8) is 0 Å². The molecule has 22 heavy (non-hydrogen) atoms. The van der Waals surface area contributed by atoms with Crippen molar-refractivity contribution in [2.45, 2.75) is 13.3 Å². The number of carbonyl (C=O) groups excluding carboxylic acids is 1. The molecule has 0 amide bonds. The van der Waals surface area contributed by atoms with Crippen LogP contribution < -0.4 is 0 Å². The molecular formula is C17H14ClN3O. The summed E-state index contributed by atoms with van der Waals surface area (Å²) in [4.78, 5) is 12.8. The molecule has 0 unspecified atom stereocenters. The van der Waals surface area contributed by atoms with E-state index in [1.807, 2.05) is 35.8 Å². The first kappa shape index (κ1) is 14.5. The SMILES string of the molecule is CCc1nncn1-c1ccc(Cl)cc1C(=O)c1ccccc1. The van der Waals surface area contributed by atoms with Crippen LogP contribution in [0.5, 0.6) is 0 Å². The Morgan fingerprint density at radius 2 is 1.95 bits per heavy atom. The fourth-order valence-electron chi connectivity index (χ4n) is 2.35. The predicted molar refractivity (Wildman–Crippen MR) is 85.6 cm³/mol. The van der Waals surface area contributed by atoms with Gasteiger partial charge in [-0.25, -0.2) is 0 Å². The Kier molecular flexibility index (Phi) is 4.02. The summed E-state index contributed by atoms with van der Waals surface area (Å²) >= 11 is 6.09. The molecule has 2 aromatic carbocycles. The predicted octanol–water partition coefficient (Wildman–Crippen LogP) is 3.71. The summed E-state index contributed by atoms with van der Waals surface area (Å²) < 4.78 is 1.83. The molecule has 1 aromatic heterocycles. The lowest BCUT2D eigenvalue weighted by molar-refractivity contribution is 0.103. The van der Waals surface area contributed by atoms with Crippen molar-refractivity contribution < 1.29 is 4.79 Å². The van der Waals surface area contributed by atoms with Gasteiger partial charge in [-0.2, -0.15) is 0 Å². The number of ketones is 1.